The number of carbonyl (C=O) groups excluding carboxylic acids is 2. The summed E-state index contributed by atoms with van der Waals surface area (Å²) in [5, 5.41) is 3.36. The van der Waals surface area contributed by atoms with Gasteiger partial charge in [-0.15, -0.1) is 0 Å². The summed E-state index contributed by atoms with van der Waals surface area (Å²) in [4.78, 5) is 29.3. The lowest BCUT2D eigenvalue weighted by Crippen LogP contribution is -2.70. The Hall–Kier alpha value is -1.30. The van der Waals surface area contributed by atoms with E-state index >= 15 is 0 Å². The number of rotatable bonds is 5. The van der Waals surface area contributed by atoms with Gasteiger partial charge in [0, 0.05) is 56.6 Å². The van der Waals surface area contributed by atoms with Crippen LogP contribution in [-0.4, -0.2) is 67.2 Å². The Morgan fingerprint density at radius 3 is 2.11 bits per heavy atom. The molecule has 0 aromatic heterocycles. The minimum Gasteiger partial charge on any atom is -0.380 e. The predicted molar refractivity (Wildman–Crippen MR) is 105 cm³/mol. The Bertz CT molecular complexity index is 535. The molecular weight excluding hydrogens is 342 g/mol. The maximum Gasteiger partial charge on any atom is 0.319 e. The van der Waals surface area contributed by atoms with Crippen LogP contribution in [0.1, 0.15) is 59.3 Å². The molecule has 3 unspecified atom stereocenters. The largest absolute Gasteiger partial charge is 0.380 e. The van der Waals surface area contributed by atoms with Gasteiger partial charge in [0.05, 0.1) is 6.10 Å². The molecule has 3 atom stereocenters. The molecule has 3 fully saturated rings. The zero-order chi connectivity index (χ0) is 19.6. The highest BCUT2D eigenvalue weighted by molar-refractivity contribution is 5.80. The molecule has 3 aliphatic rings. The second-order valence-electron chi connectivity index (χ2n) is 8.68. The van der Waals surface area contributed by atoms with Crippen LogP contribution < -0.4 is 5.32 Å². The van der Waals surface area contributed by atoms with Gasteiger partial charge in [-0.3, -0.25) is 4.79 Å². The molecule has 27 heavy (non-hydrogen) atoms. The topological polar surface area (TPSA) is 61.9 Å². The summed E-state index contributed by atoms with van der Waals surface area (Å²) in [7, 11) is 1.78. The van der Waals surface area contributed by atoms with E-state index in [1.54, 1.807) is 7.11 Å². The van der Waals surface area contributed by atoms with Crippen LogP contribution in [0.4, 0.5) is 4.79 Å². The third-order valence-corrected chi connectivity index (χ3v) is 7.57. The van der Waals surface area contributed by atoms with E-state index in [4.69, 9.17) is 4.74 Å². The van der Waals surface area contributed by atoms with E-state index in [2.05, 4.69) is 26.1 Å². The number of hydrogen-bond donors (Lipinski definition) is 1. The number of hydrogen-bond acceptors (Lipinski definition) is 3. The molecule has 3 rings (SSSR count). The predicted octanol–water partition coefficient (Wildman–Crippen LogP) is 2.87. The quantitative estimate of drug-likeness (QED) is 0.799. The van der Waals surface area contributed by atoms with Crippen molar-refractivity contribution in [3.8, 4) is 0 Å². The lowest BCUT2D eigenvalue weighted by Gasteiger charge is -2.60. The monoisotopic (exact) mass is 379 g/mol. The number of carbonyl (C=O) groups is 2. The molecule has 6 heteroatoms. The molecule has 1 aliphatic carbocycles. The molecule has 0 bridgehead atoms. The minimum atomic E-state index is 0.0211. The van der Waals surface area contributed by atoms with Crippen molar-refractivity contribution >= 4 is 11.9 Å². The molecule has 0 radical (unpaired) electrons. The van der Waals surface area contributed by atoms with Crippen molar-refractivity contribution in [1.29, 1.82) is 0 Å². The number of ether oxygens (including phenoxy) is 1. The van der Waals surface area contributed by atoms with Gasteiger partial charge in [0.25, 0.3) is 0 Å². The van der Waals surface area contributed by atoms with Gasteiger partial charge in [-0.25, -0.2) is 4.79 Å². The van der Waals surface area contributed by atoms with E-state index in [-0.39, 0.29) is 35.4 Å². The zero-order valence-electron chi connectivity index (χ0n) is 17.5. The van der Waals surface area contributed by atoms with E-state index < -0.39 is 0 Å². The number of nitrogens with zero attached hydrogens (tertiary/aromatic N) is 2. The SMILES string of the molecule is CCC1(CC)C(NC(=O)C2CCN(C(=O)N3CCCC3)CC2)C(C)C1OC. The average molecular weight is 380 g/mol. The second kappa shape index (κ2) is 8.38. The van der Waals surface area contributed by atoms with Gasteiger partial charge >= 0.3 is 6.03 Å². The van der Waals surface area contributed by atoms with Crippen molar-refractivity contribution in [3.05, 3.63) is 0 Å². The first-order valence-corrected chi connectivity index (χ1v) is 10.9. The Morgan fingerprint density at radius 2 is 1.59 bits per heavy atom. The van der Waals surface area contributed by atoms with E-state index in [0.717, 1.165) is 51.6 Å². The van der Waals surface area contributed by atoms with Crippen LogP contribution in [0.25, 0.3) is 0 Å². The minimum absolute atomic E-state index is 0.0211. The highest BCUT2D eigenvalue weighted by Gasteiger charge is 2.59. The maximum absolute atomic E-state index is 12.9. The molecule has 0 aromatic carbocycles. The zero-order valence-corrected chi connectivity index (χ0v) is 17.5. The van der Waals surface area contributed by atoms with Crippen molar-refractivity contribution < 1.29 is 14.3 Å². The molecule has 0 aromatic rings. The van der Waals surface area contributed by atoms with Gasteiger partial charge < -0.3 is 19.9 Å². The van der Waals surface area contributed by atoms with Crippen molar-refractivity contribution in [3.63, 3.8) is 0 Å². The molecule has 6 nitrogen and oxygen atoms in total. The number of amides is 3. The fourth-order valence-electron chi connectivity index (χ4n) is 5.81. The van der Waals surface area contributed by atoms with Gasteiger partial charge in [0.1, 0.15) is 0 Å². The number of urea groups is 1. The summed E-state index contributed by atoms with van der Waals surface area (Å²) in [6.07, 6.45) is 6.02. The number of piperidine rings is 1. The van der Waals surface area contributed by atoms with Crippen molar-refractivity contribution in [2.45, 2.75) is 71.4 Å². The highest BCUT2D eigenvalue weighted by Crippen LogP contribution is 2.52. The van der Waals surface area contributed by atoms with E-state index in [1.165, 1.54) is 0 Å². The van der Waals surface area contributed by atoms with E-state index in [0.29, 0.717) is 19.0 Å². The summed E-state index contributed by atoms with van der Waals surface area (Å²) in [5.41, 5.74) is 0.0518. The summed E-state index contributed by atoms with van der Waals surface area (Å²) >= 11 is 0. The van der Waals surface area contributed by atoms with Crippen LogP contribution in [0.2, 0.25) is 0 Å². The molecule has 3 amide bonds. The van der Waals surface area contributed by atoms with E-state index in [1.807, 2.05) is 9.80 Å². The molecule has 2 heterocycles. The maximum atomic E-state index is 12.9. The van der Waals surface area contributed by atoms with Crippen LogP contribution in [0.5, 0.6) is 0 Å². The molecule has 2 aliphatic heterocycles. The number of nitrogens with one attached hydrogen (secondary N) is 1. The van der Waals surface area contributed by atoms with Gasteiger partial charge in [-0.1, -0.05) is 20.8 Å². The van der Waals surface area contributed by atoms with Crippen molar-refractivity contribution in [2.75, 3.05) is 33.3 Å². The van der Waals surface area contributed by atoms with Gasteiger partial charge in [0.2, 0.25) is 5.91 Å². The Kier molecular flexibility index (Phi) is 6.34. The van der Waals surface area contributed by atoms with Crippen LogP contribution >= 0.6 is 0 Å². The summed E-state index contributed by atoms with van der Waals surface area (Å²) in [6.45, 7) is 9.74. The van der Waals surface area contributed by atoms with Crippen LogP contribution in [0, 0.1) is 17.3 Å². The Morgan fingerprint density at radius 1 is 1.04 bits per heavy atom. The normalized spacial score (nSPS) is 30.9. The molecule has 2 saturated heterocycles. The Labute approximate surface area is 164 Å². The summed E-state index contributed by atoms with van der Waals surface area (Å²) in [5.74, 6) is 0.532. The van der Waals surface area contributed by atoms with E-state index in [9.17, 15) is 9.59 Å². The van der Waals surface area contributed by atoms with Crippen molar-refractivity contribution in [1.82, 2.24) is 15.1 Å². The molecule has 1 N–H and O–H groups in total. The third-order valence-electron chi connectivity index (χ3n) is 7.57. The smallest absolute Gasteiger partial charge is 0.319 e. The summed E-state index contributed by atoms with van der Waals surface area (Å²) in [6, 6.07) is 0.354. The van der Waals surface area contributed by atoms with Crippen LogP contribution in [-0.2, 0) is 9.53 Å². The van der Waals surface area contributed by atoms with Crippen LogP contribution in [0.3, 0.4) is 0 Å². The lowest BCUT2D eigenvalue weighted by atomic mass is 9.53. The number of methoxy groups -OCH3 is 1. The fraction of sp³-hybridized carbons (Fsp3) is 0.905. The molecule has 154 valence electrons. The van der Waals surface area contributed by atoms with Crippen LogP contribution in [0.15, 0.2) is 0 Å². The molecule has 1 saturated carbocycles. The fourth-order valence-corrected chi connectivity index (χ4v) is 5.81. The average Bonchev–Trinajstić information content (AvgIpc) is 3.24. The standard InChI is InChI=1S/C21H37N3O3/c1-5-21(6-2)17(15(3)18(21)27-4)22-19(25)16-9-13-24(14-10-16)20(26)23-11-7-8-12-23/h15-18H,5-14H2,1-4H3,(H,22,25). The van der Waals surface area contributed by atoms with Crippen molar-refractivity contribution in [2.24, 2.45) is 17.3 Å². The number of likely N-dealkylation sites (tertiary alicyclic amines) is 2. The highest BCUT2D eigenvalue weighted by atomic mass is 16.5. The van der Waals surface area contributed by atoms with Gasteiger partial charge in [-0.2, -0.15) is 0 Å². The first-order chi connectivity index (χ1) is 13.0. The molecule has 0 spiro atoms. The summed E-state index contributed by atoms with van der Waals surface area (Å²) < 4.78 is 5.74. The Balaban J connectivity index is 1.53. The van der Waals surface area contributed by atoms with Gasteiger partial charge in [-0.05, 0) is 38.5 Å². The second-order valence-corrected chi connectivity index (χ2v) is 8.68. The first kappa shape index (κ1) is 20.4. The molecular formula is C21H37N3O3. The lowest BCUT2D eigenvalue weighted by molar-refractivity contribution is -0.173. The third kappa shape index (κ3) is 3.57. The van der Waals surface area contributed by atoms with Gasteiger partial charge in [0.15, 0.2) is 0 Å². The first-order valence-electron chi connectivity index (χ1n) is 10.9.